The fourth-order valence-corrected chi connectivity index (χ4v) is 4.71. The normalized spacial score (nSPS) is 24.3. The number of nitrogens with one attached hydrogen (secondary N) is 3. The van der Waals surface area contributed by atoms with Crippen LogP contribution in [-0.4, -0.2) is 39.9 Å². The number of rotatable bonds is 7. The summed E-state index contributed by atoms with van der Waals surface area (Å²) in [7, 11) is 0. The number of hydrogen-bond acceptors (Lipinski definition) is 5. The molecule has 1 aromatic rings. The summed E-state index contributed by atoms with van der Waals surface area (Å²) in [4.78, 5) is 33.4. The monoisotopic (exact) mass is 364 g/mol. The molecule has 1 aromatic carbocycles. The summed E-state index contributed by atoms with van der Waals surface area (Å²) in [6.45, 7) is 0. The highest BCUT2D eigenvalue weighted by molar-refractivity contribution is 8.00. The van der Waals surface area contributed by atoms with Crippen LogP contribution < -0.4 is 16.0 Å². The number of nitro groups is 1. The molecule has 2 aliphatic heterocycles. The second kappa shape index (κ2) is 7.73. The van der Waals surface area contributed by atoms with Gasteiger partial charge < -0.3 is 16.0 Å². The average molecular weight is 364 g/mol. The molecule has 0 spiro atoms. The van der Waals surface area contributed by atoms with Crippen molar-refractivity contribution in [3.8, 4) is 0 Å². The molecule has 8 nitrogen and oxygen atoms in total. The zero-order valence-electron chi connectivity index (χ0n) is 13.6. The van der Waals surface area contributed by atoms with E-state index in [4.69, 9.17) is 0 Å². The molecule has 0 saturated carbocycles. The fourth-order valence-electron chi connectivity index (χ4n) is 3.16. The number of fused-ring (bicyclic) bond motifs is 1. The zero-order chi connectivity index (χ0) is 17.8. The molecule has 0 bridgehead atoms. The van der Waals surface area contributed by atoms with Gasteiger partial charge in [0.2, 0.25) is 5.91 Å². The van der Waals surface area contributed by atoms with Crippen LogP contribution in [0.25, 0.3) is 0 Å². The van der Waals surface area contributed by atoms with E-state index in [0.29, 0.717) is 17.4 Å². The van der Waals surface area contributed by atoms with Crippen molar-refractivity contribution in [3.63, 3.8) is 0 Å². The van der Waals surface area contributed by atoms with Crippen molar-refractivity contribution in [2.45, 2.75) is 43.0 Å². The molecule has 2 heterocycles. The molecule has 2 fully saturated rings. The molecule has 0 aromatic heterocycles. The Morgan fingerprint density at radius 1 is 1.28 bits per heavy atom. The minimum Gasteiger partial charge on any atom is -0.332 e. The SMILES string of the molecule is O=C(CCCCC1SCC2NC(=O)NC21)Nc1ccc([N+](=O)[O-])cc1. The van der Waals surface area contributed by atoms with Gasteiger partial charge in [-0.3, -0.25) is 14.9 Å². The highest BCUT2D eigenvalue weighted by Crippen LogP contribution is 2.33. The molecule has 3 atom stereocenters. The Labute approximate surface area is 149 Å². The van der Waals surface area contributed by atoms with Crippen LogP contribution in [0.15, 0.2) is 24.3 Å². The molecule has 3 rings (SSSR count). The third-order valence-corrected chi connectivity index (χ3v) is 5.95. The van der Waals surface area contributed by atoms with Crippen LogP contribution >= 0.6 is 11.8 Å². The first-order chi connectivity index (χ1) is 12.0. The van der Waals surface area contributed by atoms with Gasteiger partial charge in [0.25, 0.3) is 5.69 Å². The lowest BCUT2D eigenvalue weighted by atomic mass is 10.0. The standard InChI is InChI=1S/C16H20N4O4S/c21-14(17-10-5-7-11(8-6-10)20(23)24)4-2-1-3-13-15-12(9-25-13)18-16(22)19-15/h5-8,12-13,15H,1-4,9H2,(H,17,21)(H2,18,19,22). The predicted molar refractivity (Wildman–Crippen MR) is 95.7 cm³/mol. The third-order valence-electron chi connectivity index (χ3n) is 4.44. The van der Waals surface area contributed by atoms with Gasteiger partial charge >= 0.3 is 6.03 Å². The van der Waals surface area contributed by atoms with Crippen molar-refractivity contribution in [2.75, 3.05) is 11.1 Å². The van der Waals surface area contributed by atoms with Crippen molar-refractivity contribution in [2.24, 2.45) is 0 Å². The van der Waals surface area contributed by atoms with Gasteiger partial charge in [-0.15, -0.1) is 0 Å². The quantitative estimate of drug-likeness (QED) is 0.297. The Kier molecular flexibility index (Phi) is 5.42. The molecule has 25 heavy (non-hydrogen) atoms. The summed E-state index contributed by atoms with van der Waals surface area (Å²) in [5.41, 5.74) is 0.559. The second-order valence-electron chi connectivity index (χ2n) is 6.22. The Morgan fingerprint density at radius 2 is 2.04 bits per heavy atom. The average Bonchev–Trinajstić information content (AvgIpc) is 3.11. The fraction of sp³-hybridized carbons (Fsp3) is 0.500. The van der Waals surface area contributed by atoms with Crippen molar-refractivity contribution < 1.29 is 14.5 Å². The summed E-state index contributed by atoms with van der Waals surface area (Å²) in [5.74, 6) is 0.843. The summed E-state index contributed by atoms with van der Waals surface area (Å²) >= 11 is 1.87. The first-order valence-electron chi connectivity index (χ1n) is 8.26. The maximum atomic E-state index is 11.9. The summed E-state index contributed by atoms with van der Waals surface area (Å²) in [5, 5.41) is 19.6. The van der Waals surface area contributed by atoms with Gasteiger partial charge in [0.1, 0.15) is 0 Å². The van der Waals surface area contributed by atoms with Gasteiger partial charge in [-0.1, -0.05) is 6.42 Å². The number of benzene rings is 1. The first kappa shape index (κ1) is 17.5. The molecular formula is C16H20N4O4S. The number of urea groups is 1. The Bertz CT molecular complexity index is 667. The molecule has 134 valence electrons. The van der Waals surface area contributed by atoms with E-state index >= 15 is 0 Å². The molecular weight excluding hydrogens is 344 g/mol. The van der Waals surface area contributed by atoms with Crippen molar-refractivity contribution in [1.82, 2.24) is 10.6 Å². The molecule has 0 radical (unpaired) electrons. The summed E-state index contributed by atoms with van der Waals surface area (Å²) in [6, 6.07) is 6.14. The molecule has 2 saturated heterocycles. The highest BCUT2D eigenvalue weighted by Gasteiger charge is 2.42. The van der Waals surface area contributed by atoms with Crippen molar-refractivity contribution in [3.05, 3.63) is 34.4 Å². The minimum atomic E-state index is -0.473. The molecule has 3 unspecified atom stereocenters. The molecule has 3 N–H and O–H groups in total. The number of nitrogens with zero attached hydrogens (tertiary/aromatic N) is 1. The highest BCUT2D eigenvalue weighted by atomic mass is 32.2. The van der Waals surface area contributed by atoms with E-state index in [-0.39, 0.29) is 29.7 Å². The minimum absolute atomic E-state index is 0.00106. The predicted octanol–water partition coefficient (Wildman–Crippen LogP) is 2.26. The molecule has 0 aliphatic carbocycles. The van der Waals surface area contributed by atoms with Crippen molar-refractivity contribution in [1.29, 1.82) is 0 Å². The number of unbranched alkanes of at least 4 members (excludes halogenated alkanes) is 1. The first-order valence-corrected chi connectivity index (χ1v) is 9.31. The van der Waals surface area contributed by atoms with Gasteiger partial charge in [-0.25, -0.2) is 4.79 Å². The number of carbonyl (C=O) groups excluding carboxylic acids is 2. The number of amides is 3. The van der Waals surface area contributed by atoms with E-state index in [2.05, 4.69) is 16.0 Å². The number of non-ortho nitro benzene ring substituents is 1. The molecule has 9 heteroatoms. The van der Waals surface area contributed by atoms with E-state index in [1.165, 1.54) is 24.3 Å². The van der Waals surface area contributed by atoms with E-state index in [1.54, 1.807) is 0 Å². The van der Waals surface area contributed by atoms with Crippen LogP contribution in [0.2, 0.25) is 0 Å². The van der Waals surface area contributed by atoms with E-state index in [1.807, 2.05) is 11.8 Å². The van der Waals surface area contributed by atoms with Crippen LogP contribution in [0.3, 0.4) is 0 Å². The molecule has 3 amide bonds. The Hall–Kier alpha value is -2.29. The maximum Gasteiger partial charge on any atom is 0.315 e. The van der Waals surface area contributed by atoms with Gasteiger partial charge in [-0.2, -0.15) is 11.8 Å². The topological polar surface area (TPSA) is 113 Å². The summed E-state index contributed by atoms with van der Waals surface area (Å²) < 4.78 is 0. The lowest BCUT2D eigenvalue weighted by molar-refractivity contribution is -0.384. The smallest absolute Gasteiger partial charge is 0.315 e. The maximum absolute atomic E-state index is 11.9. The van der Waals surface area contributed by atoms with E-state index in [9.17, 15) is 19.7 Å². The summed E-state index contributed by atoms with van der Waals surface area (Å²) in [6.07, 6.45) is 3.07. The van der Waals surface area contributed by atoms with Gasteiger partial charge in [0.05, 0.1) is 17.0 Å². The third kappa shape index (κ3) is 4.41. The Morgan fingerprint density at radius 3 is 2.76 bits per heavy atom. The van der Waals surface area contributed by atoms with Gasteiger partial charge in [-0.05, 0) is 25.0 Å². The van der Waals surface area contributed by atoms with Gasteiger partial charge in [0, 0.05) is 35.2 Å². The largest absolute Gasteiger partial charge is 0.332 e. The van der Waals surface area contributed by atoms with Crippen LogP contribution in [0.1, 0.15) is 25.7 Å². The lowest BCUT2D eigenvalue weighted by Crippen LogP contribution is -2.36. The zero-order valence-corrected chi connectivity index (χ0v) is 14.4. The van der Waals surface area contributed by atoms with Crippen LogP contribution in [0, 0.1) is 10.1 Å². The van der Waals surface area contributed by atoms with Crippen LogP contribution in [0.5, 0.6) is 0 Å². The Balaban J connectivity index is 1.35. The van der Waals surface area contributed by atoms with E-state index < -0.39 is 4.92 Å². The van der Waals surface area contributed by atoms with Crippen molar-refractivity contribution >= 4 is 35.1 Å². The number of anilines is 1. The molecule has 2 aliphatic rings. The number of nitro benzene ring substituents is 1. The second-order valence-corrected chi connectivity index (χ2v) is 7.49. The van der Waals surface area contributed by atoms with E-state index in [0.717, 1.165) is 25.0 Å². The van der Waals surface area contributed by atoms with Crippen LogP contribution in [-0.2, 0) is 4.79 Å². The number of hydrogen-bond donors (Lipinski definition) is 3. The lowest BCUT2D eigenvalue weighted by Gasteiger charge is -2.16. The van der Waals surface area contributed by atoms with Gasteiger partial charge in [0.15, 0.2) is 0 Å². The number of thioether (sulfide) groups is 1. The van der Waals surface area contributed by atoms with Crippen LogP contribution in [0.4, 0.5) is 16.2 Å². The number of carbonyl (C=O) groups is 2.